The van der Waals surface area contributed by atoms with Crippen LogP contribution in [0.3, 0.4) is 0 Å². The molecule has 116 valence electrons. The number of amides is 1. The molecule has 2 fully saturated rings. The van der Waals surface area contributed by atoms with E-state index in [1.807, 2.05) is 4.90 Å². The lowest BCUT2D eigenvalue weighted by atomic mass is 9.89. The molecule has 0 radical (unpaired) electrons. The van der Waals surface area contributed by atoms with Crippen LogP contribution in [0.4, 0.5) is 0 Å². The minimum Gasteiger partial charge on any atom is -0.396 e. The predicted molar refractivity (Wildman–Crippen MR) is 76.8 cm³/mol. The van der Waals surface area contributed by atoms with Crippen molar-refractivity contribution in [1.29, 1.82) is 0 Å². The van der Waals surface area contributed by atoms with E-state index in [4.69, 9.17) is 4.52 Å². The van der Waals surface area contributed by atoms with Gasteiger partial charge in [0.1, 0.15) is 6.26 Å². The van der Waals surface area contributed by atoms with Crippen molar-refractivity contribution in [3.05, 3.63) is 18.0 Å². The highest BCUT2D eigenvalue weighted by molar-refractivity contribution is 5.92. The number of aliphatic hydroxyl groups excluding tert-OH is 1. The Bertz CT molecular complexity index is 457. The van der Waals surface area contributed by atoms with Gasteiger partial charge in [0.05, 0.1) is 0 Å². The van der Waals surface area contributed by atoms with Gasteiger partial charge in [-0.1, -0.05) is 5.16 Å². The molecule has 2 aliphatic heterocycles. The van der Waals surface area contributed by atoms with Gasteiger partial charge in [-0.05, 0) is 44.2 Å². The summed E-state index contributed by atoms with van der Waals surface area (Å²) < 4.78 is 4.76. The molecule has 3 heterocycles. The number of carbonyl (C=O) groups excluding carboxylic acids is 1. The Balaban J connectivity index is 1.64. The number of hydrogen-bond donors (Lipinski definition) is 1. The Morgan fingerprint density at radius 3 is 2.76 bits per heavy atom. The topological polar surface area (TPSA) is 69.8 Å². The quantitative estimate of drug-likeness (QED) is 0.891. The van der Waals surface area contributed by atoms with Gasteiger partial charge in [-0.2, -0.15) is 0 Å². The zero-order valence-corrected chi connectivity index (χ0v) is 12.3. The lowest BCUT2D eigenvalue weighted by Gasteiger charge is -2.38. The summed E-state index contributed by atoms with van der Waals surface area (Å²) in [6.07, 6.45) is 4.97. The van der Waals surface area contributed by atoms with Gasteiger partial charge < -0.3 is 19.4 Å². The fourth-order valence-electron chi connectivity index (χ4n) is 3.56. The fraction of sp³-hybridized carbons (Fsp3) is 0.733. The Morgan fingerprint density at radius 2 is 2.10 bits per heavy atom. The molecular weight excluding hydrogens is 270 g/mol. The van der Waals surface area contributed by atoms with Gasteiger partial charge >= 0.3 is 0 Å². The molecule has 0 aromatic carbocycles. The molecular formula is C15H23N3O3. The molecule has 0 saturated carbocycles. The molecule has 1 aromatic rings. The predicted octanol–water partition coefficient (Wildman–Crippen LogP) is 0.841. The van der Waals surface area contributed by atoms with Crippen molar-refractivity contribution in [2.45, 2.75) is 19.3 Å². The maximum absolute atomic E-state index is 12.4. The number of rotatable bonds is 4. The zero-order valence-electron chi connectivity index (χ0n) is 12.3. The van der Waals surface area contributed by atoms with E-state index in [9.17, 15) is 9.90 Å². The van der Waals surface area contributed by atoms with Crippen LogP contribution >= 0.6 is 0 Å². The summed E-state index contributed by atoms with van der Waals surface area (Å²) >= 11 is 0. The maximum atomic E-state index is 12.4. The van der Waals surface area contributed by atoms with E-state index in [0.717, 1.165) is 32.6 Å². The lowest BCUT2D eigenvalue weighted by molar-refractivity contribution is 0.0457. The molecule has 2 aliphatic rings. The maximum Gasteiger partial charge on any atom is 0.276 e. The molecule has 6 nitrogen and oxygen atoms in total. The second-order valence-electron chi connectivity index (χ2n) is 6.25. The van der Waals surface area contributed by atoms with Gasteiger partial charge in [-0.25, -0.2) is 0 Å². The molecule has 21 heavy (non-hydrogen) atoms. The molecule has 6 heteroatoms. The van der Waals surface area contributed by atoms with Crippen LogP contribution in [-0.4, -0.2) is 65.3 Å². The standard InChI is InChI=1S/C15H23N3O3/c19-11-13-7-12(8-17-4-1-2-5-17)9-18(10-13)15(20)14-3-6-21-16-14/h3,6,12-13,19H,1-2,4-5,7-11H2/t12-,13-/m1/s1. The first-order valence-corrected chi connectivity index (χ1v) is 7.79. The molecule has 0 unspecified atom stereocenters. The van der Waals surface area contributed by atoms with Gasteiger partial charge in [0, 0.05) is 32.3 Å². The van der Waals surface area contributed by atoms with Gasteiger partial charge in [0.2, 0.25) is 0 Å². The van der Waals surface area contributed by atoms with Crippen LogP contribution in [0, 0.1) is 11.8 Å². The van der Waals surface area contributed by atoms with Crippen LogP contribution in [0.15, 0.2) is 16.9 Å². The number of piperidine rings is 1. The van der Waals surface area contributed by atoms with Crippen LogP contribution in [-0.2, 0) is 0 Å². The first-order chi connectivity index (χ1) is 10.3. The van der Waals surface area contributed by atoms with E-state index in [0.29, 0.717) is 18.2 Å². The van der Waals surface area contributed by atoms with Crippen molar-refractivity contribution in [3.8, 4) is 0 Å². The van der Waals surface area contributed by atoms with Crippen molar-refractivity contribution in [2.24, 2.45) is 11.8 Å². The Morgan fingerprint density at radius 1 is 1.33 bits per heavy atom. The SMILES string of the molecule is O=C(c1ccon1)N1C[C@H](CO)C[C@H](CN2CCCC2)C1. The van der Waals surface area contributed by atoms with Gasteiger partial charge in [0.15, 0.2) is 5.69 Å². The number of carbonyl (C=O) groups is 1. The van der Waals surface area contributed by atoms with E-state index in [-0.39, 0.29) is 18.4 Å². The monoisotopic (exact) mass is 293 g/mol. The second kappa shape index (κ2) is 6.58. The molecule has 3 rings (SSSR count). The summed E-state index contributed by atoms with van der Waals surface area (Å²) in [6.45, 7) is 4.85. The molecule has 0 spiro atoms. The first kappa shape index (κ1) is 14.5. The molecule has 1 amide bonds. The van der Waals surface area contributed by atoms with Crippen LogP contribution < -0.4 is 0 Å². The Labute approximate surface area is 124 Å². The third kappa shape index (κ3) is 3.44. The van der Waals surface area contributed by atoms with E-state index in [2.05, 4.69) is 10.1 Å². The number of aromatic nitrogens is 1. The highest BCUT2D eigenvalue weighted by Gasteiger charge is 2.32. The minimum atomic E-state index is -0.0895. The average Bonchev–Trinajstić information content (AvgIpc) is 3.19. The zero-order chi connectivity index (χ0) is 14.7. The van der Waals surface area contributed by atoms with Crippen molar-refractivity contribution < 1.29 is 14.4 Å². The highest BCUT2D eigenvalue weighted by Crippen LogP contribution is 2.25. The number of nitrogens with zero attached hydrogens (tertiary/aromatic N) is 3. The normalized spacial score (nSPS) is 27.2. The summed E-state index contributed by atoms with van der Waals surface area (Å²) in [5, 5.41) is 13.2. The van der Waals surface area contributed by atoms with E-state index < -0.39 is 0 Å². The summed E-state index contributed by atoms with van der Waals surface area (Å²) in [5.74, 6) is 0.514. The van der Waals surface area contributed by atoms with Crippen LogP contribution in [0.1, 0.15) is 29.8 Å². The van der Waals surface area contributed by atoms with Crippen molar-refractivity contribution >= 4 is 5.91 Å². The van der Waals surface area contributed by atoms with Gasteiger partial charge in [-0.15, -0.1) is 0 Å². The molecule has 1 aromatic heterocycles. The molecule has 2 saturated heterocycles. The van der Waals surface area contributed by atoms with Crippen LogP contribution in [0.2, 0.25) is 0 Å². The number of likely N-dealkylation sites (tertiary alicyclic amines) is 2. The van der Waals surface area contributed by atoms with E-state index in [1.54, 1.807) is 6.07 Å². The van der Waals surface area contributed by atoms with Crippen molar-refractivity contribution in [3.63, 3.8) is 0 Å². The average molecular weight is 293 g/mol. The second-order valence-corrected chi connectivity index (χ2v) is 6.25. The Kier molecular flexibility index (Phi) is 4.55. The number of aliphatic hydroxyl groups is 1. The van der Waals surface area contributed by atoms with E-state index in [1.165, 1.54) is 19.1 Å². The molecule has 0 aliphatic carbocycles. The molecule has 1 N–H and O–H groups in total. The molecule has 2 atom stereocenters. The van der Waals surface area contributed by atoms with Crippen molar-refractivity contribution in [1.82, 2.24) is 15.0 Å². The first-order valence-electron chi connectivity index (χ1n) is 7.79. The van der Waals surface area contributed by atoms with Gasteiger partial charge in [-0.3, -0.25) is 4.79 Å². The summed E-state index contributed by atoms with van der Waals surface area (Å²) in [7, 11) is 0. The van der Waals surface area contributed by atoms with Gasteiger partial charge in [0.25, 0.3) is 5.91 Å². The highest BCUT2D eigenvalue weighted by atomic mass is 16.5. The summed E-state index contributed by atoms with van der Waals surface area (Å²) in [4.78, 5) is 16.7. The Hall–Kier alpha value is -1.40. The fourth-order valence-corrected chi connectivity index (χ4v) is 3.56. The van der Waals surface area contributed by atoms with Crippen LogP contribution in [0.25, 0.3) is 0 Å². The van der Waals surface area contributed by atoms with Crippen LogP contribution in [0.5, 0.6) is 0 Å². The van der Waals surface area contributed by atoms with E-state index >= 15 is 0 Å². The minimum absolute atomic E-state index is 0.0895. The third-order valence-electron chi connectivity index (χ3n) is 4.54. The number of hydrogen-bond acceptors (Lipinski definition) is 5. The smallest absolute Gasteiger partial charge is 0.276 e. The van der Waals surface area contributed by atoms with Crippen molar-refractivity contribution in [2.75, 3.05) is 39.3 Å². The summed E-state index contributed by atoms with van der Waals surface area (Å²) in [6, 6.07) is 1.60. The molecule has 0 bridgehead atoms. The summed E-state index contributed by atoms with van der Waals surface area (Å²) in [5.41, 5.74) is 0.355. The lowest BCUT2D eigenvalue weighted by Crippen LogP contribution is -2.47. The third-order valence-corrected chi connectivity index (χ3v) is 4.54. The largest absolute Gasteiger partial charge is 0.396 e.